The third-order valence-electron chi connectivity index (χ3n) is 3.02. The second-order valence-corrected chi connectivity index (χ2v) is 5.46. The summed E-state index contributed by atoms with van der Waals surface area (Å²) in [4.78, 5) is 12.3. The van der Waals surface area contributed by atoms with Crippen molar-refractivity contribution in [1.29, 1.82) is 0 Å². The Kier molecular flexibility index (Phi) is 4.55. The molecule has 0 atom stereocenters. The van der Waals surface area contributed by atoms with Gasteiger partial charge in [-0.1, -0.05) is 27.6 Å². The van der Waals surface area contributed by atoms with Gasteiger partial charge in [-0.05, 0) is 37.3 Å². The highest BCUT2D eigenvalue weighted by Crippen LogP contribution is 2.25. The van der Waals surface area contributed by atoms with Crippen LogP contribution in [0.5, 0.6) is 5.75 Å². The number of ether oxygens (including phenoxy) is 1. The molecule has 0 radical (unpaired) electrons. The van der Waals surface area contributed by atoms with Gasteiger partial charge in [-0.15, -0.1) is 0 Å². The fourth-order valence-electron chi connectivity index (χ4n) is 2.01. The summed E-state index contributed by atoms with van der Waals surface area (Å²) in [5.74, 6) is -0.133. The van der Waals surface area contributed by atoms with Crippen LogP contribution in [0.25, 0.3) is 0 Å². The summed E-state index contributed by atoms with van der Waals surface area (Å²) < 4.78 is 19.8. The van der Waals surface area contributed by atoms with Crippen molar-refractivity contribution >= 4 is 21.7 Å². The second-order valence-electron chi connectivity index (χ2n) is 4.54. The second kappa shape index (κ2) is 6.18. The van der Waals surface area contributed by atoms with Crippen LogP contribution in [0.15, 0.2) is 40.9 Å². The van der Waals surface area contributed by atoms with Gasteiger partial charge in [0, 0.05) is 16.5 Å². The lowest BCUT2D eigenvalue weighted by Crippen LogP contribution is -2.07. The Balaban J connectivity index is 2.32. The van der Waals surface area contributed by atoms with Crippen molar-refractivity contribution in [2.75, 3.05) is 7.11 Å². The highest BCUT2D eigenvalue weighted by atomic mass is 79.9. The van der Waals surface area contributed by atoms with Crippen molar-refractivity contribution in [2.45, 2.75) is 13.3 Å². The van der Waals surface area contributed by atoms with Crippen molar-refractivity contribution in [3.05, 3.63) is 63.4 Å². The molecule has 2 rings (SSSR count). The van der Waals surface area contributed by atoms with E-state index in [9.17, 15) is 9.18 Å². The van der Waals surface area contributed by atoms with Crippen LogP contribution < -0.4 is 4.74 Å². The third kappa shape index (κ3) is 3.25. The quantitative estimate of drug-likeness (QED) is 0.776. The molecule has 2 nitrogen and oxygen atoms in total. The van der Waals surface area contributed by atoms with Crippen molar-refractivity contribution in [3.63, 3.8) is 0 Å². The molecular formula is C16H14BrFO2. The lowest BCUT2D eigenvalue weighted by Gasteiger charge is -2.09. The average Bonchev–Trinajstić information content (AvgIpc) is 2.41. The van der Waals surface area contributed by atoms with E-state index < -0.39 is 5.82 Å². The Morgan fingerprint density at radius 3 is 2.70 bits per heavy atom. The fourth-order valence-corrected chi connectivity index (χ4v) is 2.41. The third-order valence-corrected chi connectivity index (χ3v) is 3.51. The van der Waals surface area contributed by atoms with Crippen molar-refractivity contribution < 1.29 is 13.9 Å². The molecule has 0 aliphatic carbocycles. The smallest absolute Gasteiger partial charge is 0.170 e. The molecule has 4 heteroatoms. The molecule has 0 fully saturated rings. The molecule has 0 heterocycles. The van der Waals surface area contributed by atoms with E-state index in [0.29, 0.717) is 5.75 Å². The van der Waals surface area contributed by atoms with Gasteiger partial charge in [0.15, 0.2) is 5.78 Å². The number of hydrogen-bond acceptors (Lipinski definition) is 2. The Bertz CT molecular complexity index is 653. The van der Waals surface area contributed by atoms with Gasteiger partial charge in [-0.2, -0.15) is 0 Å². The molecule has 0 amide bonds. The minimum Gasteiger partial charge on any atom is -0.496 e. The number of halogens is 2. The van der Waals surface area contributed by atoms with Crippen LogP contribution in [0.4, 0.5) is 4.39 Å². The van der Waals surface area contributed by atoms with E-state index >= 15 is 0 Å². The van der Waals surface area contributed by atoms with E-state index in [1.54, 1.807) is 25.3 Å². The van der Waals surface area contributed by atoms with Gasteiger partial charge in [0.05, 0.1) is 12.7 Å². The minimum absolute atomic E-state index is 0.100. The van der Waals surface area contributed by atoms with Crippen LogP contribution in [0.1, 0.15) is 21.5 Å². The van der Waals surface area contributed by atoms with E-state index in [4.69, 9.17) is 4.74 Å². The summed E-state index contributed by atoms with van der Waals surface area (Å²) in [5, 5.41) is 0. The van der Waals surface area contributed by atoms with E-state index in [-0.39, 0.29) is 17.8 Å². The summed E-state index contributed by atoms with van der Waals surface area (Å²) in [6, 6.07) is 9.96. The van der Waals surface area contributed by atoms with Gasteiger partial charge in [0.1, 0.15) is 11.6 Å². The summed E-state index contributed by atoms with van der Waals surface area (Å²) >= 11 is 3.36. The molecule has 104 valence electrons. The highest BCUT2D eigenvalue weighted by Gasteiger charge is 2.15. The van der Waals surface area contributed by atoms with E-state index in [1.807, 2.05) is 19.1 Å². The number of hydrogen-bond donors (Lipinski definition) is 0. The first-order valence-corrected chi connectivity index (χ1v) is 6.92. The maximum absolute atomic E-state index is 13.7. The van der Waals surface area contributed by atoms with Gasteiger partial charge in [0.2, 0.25) is 0 Å². The molecule has 0 saturated carbocycles. The zero-order valence-corrected chi connectivity index (χ0v) is 12.8. The lowest BCUT2D eigenvalue weighted by molar-refractivity contribution is 0.0988. The van der Waals surface area contributed by atoms with Crippen molar-refractivity contribution in [3.8, 4) is 5.75 Å². The molecule has 0 N–H and O–H groups in total. The Morgan fingerprint density at radius 1 is 1.25 bits per heavy atom. The SMILES string of the molecule is COc1ccc(Br)cc1CC(=O)c1cc(C)ccc1F. The predicted octanol–water partition coefficient (Wildman–Crippen LogP) is 4.33. The van der Waals surface area contributed by atoms with Gasteiger partial charge in [-0.25, -0.2) is 4.39 Å². The average molecular weight is 337 g/mol. The number of methoxy groups -OCH3 is 1. The zero-order chi connectivity index (χ0) is 14.7. The zero-order valence-electron chi connectivity index (χ0n) is 11.2. The molecule has 0 aromatic heterocycles. The fraction of sp³-hybridized carbons (Fsp3) is 0.188. The van der Waals surface area contributed by atoms with Crippen LogP contribution in [0, 0.1) is 12.7 Å². The number of carbonyl (C=O) groups excluding carboxylic acids is 1. The predicted molar refractivity (Wildman–Crippen MR) is 79.9 cm³/mol. The van der Waals surface area contributed by atoms with Crippen LogP contribution in [0.3, 0.4) is 0 Å². The first-order chi connectivity index (χ1) is 9.51. The molecule has 0 saturated heterocycles. The normalized spacial score (nSPS) is 10.4. The topological polar surface area (TPSA) is 26.3 Å². The molecule has 2 aromatic rings. The van der Waals surface area contributed by atoms with Crippen LogP contribution in [-0.2, 0) is 6.42 Å². The summed E-state index contributed by atoms with van der Waals surface area (Å²) in [6.45, 7) is 1.83. The summed E-state index contributed by atoms with van der Waals surface area (Å²) in [5.41, 5.74) is 1.70. The minimum atomic E-state index is -0.491. The molecule has 0 aliphatic heterocycles. The van der Waals surface area contributed by atoms with Crippen molar-refractivity contribution in [1.82, 2.24) is 0 Å². The first kappa shape index (κ1) is 14.7. The Morgan fingerprint density at radius 2 is 2.00 bits per heavy atom. The molecule has 0 spiro atoms. The Labute approximate surface area is 125 Å². The number of carbonyl (C=O) groups is 1. The van der Waals surface area contributed by atoms with Gasteiger partial charge in [-0.3, -0.25) is 4.79 Å². The van der Waals surface area contributed by atoms with E-state index in [2.05, 4.69) is 15.9 Å². The number of Topliss-reactive ketones (excluding diaryl/α,β-unsaturated/α-hetero) is 1. The number of aryl methyl sites for hydroxylation is 1. The molecular weight excluding hydrogens is 323 g/mol. The number of ketones is 1. The Hall–Kier alpha value is -1.68. The number of benzene rings is 2. The molecule has 0 bridgehead atoms. The van der Waals surface area contributed by atoms with Crippen LogP contribution >= 0.6 is 15.9 Å². The molecule has 0 unspecified atom stereocenters. The van der Waals surface area contributed by atoms with E-state index in [0.717, 1.165) is 15.6 Å². The van der Waals surface area contributed by atoms with Crippen molar-refractivity contribution in [2.24, 2.45) is 0 Å². The summed E-state index contributed by atoms with van der Waals surface area (Å²) in [7, 11) is 1.55. The monoisotopic (exact) mass is 336 g/mol. The molecule has 0 aliphatic rings. The summed E-state index contributed by atoms with van der Waals surface area (Å²) in [6.07, 6.45) is 0.100. The van der Waals surface area contributed by atoms with E-state index in [1.165, 1.54) is 6.07 Å². The first-order valence-electron chi connectivity index (χ1n) is 6.13. The largest absolute Gasteiger partial charge is 0.496 e. The number of rotatable bonds is 4. The van der Waals surface area contributed by atoms with Crippen LogP contribution in [0.2, 0.25) is 0 Å². The van der Waals surface area contributed by atoms with Crippen LogP contribution in [-0.4, -0.2) is 12.9 Å². The van der Waals surface area contributed by atoms with Gasteiger partial charge in [0.25, 0.3) is 0 Å². The molecule has 20 heavy (non-hydrogen) atoms. The molecule has 2 aromatic carbocycles. The standard InChI is InChI=1S/C16H14BrFO2/c1-10-3-5-14(18)13(7-10)15(19)9-11-8-12(17)4-6-16(11)20-2/h3-8H,9H2,1-2H3. The maximum Gasteiger partial charge on any atom is 0.170 e. The van der Waals surface area contributed by atoms with Gasteiger partial charge >= 0.3 is 0 Å². The lowest BCUT2D eigenvalue weighted by atomic mass is 10.0. The maximum atomic E-state index is 13.7. The van der Waals surface area contributed by atoms with Gasteiger partial charge < -0.3 is 4.74 Å². The highest BCUT2D eigenvalue weighted by molar-refractivity contribution is 9.10.